The first-order valence-corrected chi connectivity index (χ1v) is 7.96. The van der Waals surface area contributed by atoms with Crippen LogP contribution in [0.15, 0.2) is 36.1 Å². The second-order valence-corrected chi connectivity index (χ2v) is 4.86. The number of carbonyl (C=O) groups excluding carboxylic acids is 1. The Hall–Kier alpha value is -1.97. The van der Waals surface area contributed by atoms with Crippen molar-refractivity contribution in [3.05, 3.63) is 41.7 Å². The Kier molecular flexibility index (Phi) is 8.80. The summed E-state index contributed by atoms with van der Waals surface area (Å²) in [5, 5.41) is 0. The molecule has 0 spiro atoms. The molecule has 0 bridgehead atoms. The lowest BCUT2D eigenvalue weighted by molar-refractivity contribution is -0.143. The third-order valence-electron chi connectivity index (χ3n) is 2.77. The van der Waals surface area contributed by atoms with E-state index in [0.29, 0.717) is 25.6 Å². The van der Waals surface area contributed by atoms with Gasteiger partial charge in [-0.2, -0.15) is 0 Å². The first kappa shape index (κ1) is 18.1. The molecule has 0 aromatic heterocycles. The molecule has 0 fully saturated rings. The van der Waals surface area contributed by atoms with Crippen molar-refractivity contribution >= 4 is 11.7 Å². The van der Waals surface area contributed by atoms with E-state index < -0.39 is 5.97 Å². The normalized spacial score (nSPS) is 11.6. The maximum atomic E-state index is 12.3. The van der Waals surface area contributed by atoms with E-state index in [9.17, 15) is 4.79 Å². The molecule has 22 heavy (non-hydrogen) atoms. The number of carbonyl (C=O) groups is 1. The molecule has 0 radical (unpaired) electrons. The second kappa shape index (κ2) is 10.7. The van der Waals surface area contributed by atoms with Gasteiger partial charge in [0.25, 0.3) is 0 Å². The summed E-state index contributed by atoms with van der Waals surface area (Å²) in [5.41, 5.74) is 0.815. The number of ether oxygens (including phenoxy) is 3. The Balaban J connectivity index is 3.15. The highest BCUT2D eigenvalue weighted by molar-refractivity contribution is 5.94. The van der Waals surface area contributed by atoms with E-state index >= 15 is 0 Å². The quantitative estimate of drug-likeness (QED) is 0.370. The third-order valence-corrected chi connectivity index (χ3v) is 2.77. The average Bonchev–Trinajstić information content (AvgIpc) is 2.56. The van der Waals surface area contributed by atoms with Gasteiger partial charge in [0, 0.05) is 5.56 Å². The molecule has 0 unspecified atom stereocenters. The SMILES string of the molecule is CCCOC(=O)C(OCCC)=C(OCCC)c1ccccc1. The molecular weight excluding hydrogens is 280 g/mol. The number of benzene rings is 1. The van der Waals surface area contributed by atoms with Gasteiger partial charge in [-0.3, -0.25) is 0 Å². The van der Waals surface area contributed by atoms with Crippen molar-refractivity contribution in [1.82, 2.24) is 0 Å². The van der Waals surface area contributed by atoms with Crippen LogP contribution in [0.25, 0.3) is 5.76 Å². The van der Waals surface area contributed by atoms with E-state index in [0.717, 1.165) is 24.8 Å². The highest BCUT2D eigenvalue weighted by Gasteiger charge is 2.21. The van der Waals surface area contributed by atoms with Crippen LogP contribution in [-0.4, -0.2) is 25.8 Å². The molecular formula is C18H26O4. The van der Waals surface area contributed by atoms with Gasteiger partial charge < -0.3 is 14.2 Å². The third kappa shape index (κ3) is 5.80. The van der Waals surface area contributed by atoms with Crippen LogP contribution in [0.3, 0.4) is 0 Å². The van der Waals surface area contributed by atoms with Gasteiger partial charge in [-0.25, -0.2) is 4.79 Å². The zero-order valence-corrected chi connectivity index (χ0v) is 13.8. The fourth-order valence-electron chi connectivity index (χ4n) is 1.76. The van der Waals surface area contributed by atoms with Crippen molar-refractivity contribution in [2.45, 2.75) is 40.0 Å². The smallest absolute Gasteiger partial charge is 0.377 e. The molecule has 0 aliphatic carbocycles. The molecule has 0 aliphatic rings. The molecule has 1 rings (SSSR count). The number of hydrogen-bond acceptors (Lipinski definition) is 4. The summed E-state index contributed by atoms with van der Waals surface area (Å²) in [6.45, 7) is 7.30. The standard InChI is InChI=1S/C18H26O4/c1-4-12-20-16(15-10-8-7-9-11-15)17(21-13-5-2)18(19)22-14-6-3/h7-11H,4-6,12-14H2,1-3H3. The van der Waals surface area contributed by atoms with Gasteiger partial charge in [-0.1, -0.05) is 51.1 Å². The summed E-state index contributed by atoms with van der Waals surface area (Å²) >= 11 is 0. The summed E-state index contributed by atoms with van der Waals surface area (Å²) in [4.78, 5) is 12.3. The maximum absolute atomic E-state index is 12.3. The fourth-order valence-corrected chi connectivity index (χ4v) is 1.76. The number of rotatable bonds is 10. The summed E-state index contributed by atoms with van der Waals surface area (Å²) in [5.74, 6) is 0.150. The molecule has 0 atom stereocenters. The second-order valence-electron chi connectivity index (χ2n) is 4.86. The lowest BCUT2D eigenvalue weighted by Gasteiger charge is -2.16. The fraction of sp³-hybridized carbons (Fsp3) is 0.500. The van der Waals surface area contributed by atoms with E-state index in [1.165, 1.54) is 0 Å². The summed E-state index contributed by atoms with van der Waals surface area (Å²) < 4.78 is 16.7. The lowest BCUT2D eigenvalue weighted by Crippen LogP contribution is -2.15. The van der Waals surface area contributed by atoms with Crippen molar-refractivity contribution in [3.63, 3.8) is 0 Å². The topological polar surface area (TPSA) is 44.8 Å². The summed E-state index contributed by atoms with van der Waals surface area (Å²) in [7, 11) is 0. The Labute approximate surface area is 133 Å². The first-order chi connectivity index (χ1) is 10.7. The summed E-state index contributed by atoms with van der Waals surface area (Å²) in [6, 6.07) is 9.52. The van der Waals surface area contributed by atoms with Crippen LogP contribution >= 0.6 is 0 Å². The number of esters is 1. The van der Waals surface area contributed by atoms with Crippen molar-refractivity contribution in [2.24, 2.45) is 0 Å². The predicted octanol–water partition coefficient (Wildman–Crippen LogP) is 4.16. The molecule has 122 valence electrons. The van der Waals surface area contributed by atoms with E-state index in [4.69, 9.17) is 14.2 Å². The molecule has 4 heteroatoms. The minimum absolute atomic E-state index is 0.162. The molecule has 0 saturated heterocycles. The zero-order chi connectivity index (χ0) is 16.2. The summed E-state index contributed by atoms with van der Waals surface area (Å²) in [6.07, 6.45) is 2.42. The molecule has 4 nitrogen and oxygen atoms in total. The van der Waals surface area contributed by atoms with Crippen LogP contribution < -0.4 is 0 Å². The van der Waals surface area contributed by atoms with Crippen LogP contribution in [0.5, 0.6) is 0 Å². The predicted molar refractivity (Wildman–Crippen MR) is 87.1 cm³/mol. The first-order valence-electron chi connectivity index (χ1n) is 7.96. The van der Waals surface area contributed by atoms with E-state index in [1.807, 2.05) is 51.1 Å². The molecule has 0 N–H and O–H groups in total. The maximum Gasteiger partial charge on any atom is 0.377 e. The van der Waals surface area contributed by atoms with Gasteiger partial charge >= 0.3 is 5.97 Å². The minimum atomic E-state index is -0.467. The minimum Gasteiger partial charge on any atom is -0.489 e. The molecule has 1 aromatic carbocycles. The highest BCUT2D eigenvalue weighted by atomic mass is 16.6. The van der Waals surface area contributed by atoms with E-state index in [1.54, 1.807) is 0 Å². The number of hydrogen-bond donors (Lipinski definition) is 0. The molecule has 0 aliphatic heterocycles. The van der Waals surface area contributed by atoms with E-state index in [-0.39, 0.29) is 5.76 Å². The monoisotopic (exact) mass is 306 g/mol. The molecule has 0 amide bonds. The Morgan fingerprint density at radius 3 is 1.95 bits per heavy atom. The van der Waals surface area contributed by atoms with Crippen molar-refractivity contribution < 1.29 is 19.0 Å². The van der Waals surface area contributed by atoms with Crippen LogP contribution in [-0.2, 0) is 19.0 Å². The highest BCUT2D eigenvalue weighted by Crippen LogP contribution is 2.23. The van der Waals surface area contributed by atoms with Crippen molar-refractivity contribution in [1.29, 1.82) is 0 Å². The van der Waals surface area contributed by atoms with Crippen LogP contribution in [0.1, 0.15) is 45.6 Å². The Bertz CT molecular complexity index is 465. The Morgan fingerprint density at radius 2 is 1.36 bits per heavy atom. The molecule has 0 heterocycles. The molecule has 1 aromatic rings. The van der Waals surface area contributed by atoms with E-state index in [2.05, 4.69) is 0 Å². The zero-order valence-electron chi connectivity index (χ0n) is 13.8. The Morgan fingerprint density at radius 1 is 0.818 bits per heavy atom. The molecule has 0 saturated carbocycles. The van der Waals surface area contributed by atoms with Crippen LogP contribution in [0.2, 0.25) is 0 Å². The van der Waals surface area contributed by atoms with Gasteiger partial charge in [0.15, 0.2) is 5.76 Å². The van der Waals surface area contributed by atoms with Crippen molar-refractivity contribution in [2.75, 3.05) is 19.8 Å². The van der Waals surface area contributed by atoms with Gasteiger partial charge in [-0.15, -0.1) is 0 Å². The average molecular weight is 306 g/mol. The van der Waals surface area contributed by atoms with Gasteiger partial charge in [-0.05, 0) is 19.3 Å². The van der Waals surface area contributed by atoms with Gasteiger partial charge in [0.05, 0.1) is 19.8 Å². The van der Waals surface area contributed by atoms with Crippen LogP contribution in [0, 0.1) is 0 Å². The van der Waals surface area contributed by atoms with Gasteiger partial charge in [0.1, 0.15) is 0 Å². The van der Waals surface area contributed by atoms with Crippen LogP contribution in [0.4, 0.5) is 0 Å². The lowest BCUT2D eigenvalue weighted by atomic mass is 10.1. The largest absolute Gasteiger partial charge is 0.489 e. The van der Waals surface area contributed by atoms with Crippen molar-refractivity contribution in [3.8, 4) is 0 Å². The van der Waals surface area contributed by atoms with Gasteiger partial charge in [0.2, 0.25) is 5.76 Å².